The second kappa shape index (κ2) is 6.81. The molecule has 6 heteroatoms. The fourth-order valence-electron chi connectivity index (χ4n) is 4.65. The predicted molar refractivity (Wildman–Crippen MR) is 95.8 cm³/mol. The molecule has 0 radical (unpaired) electrons. The van der Waals surface area contributed by atoms with E-state index < -0.39 is 0 Å². The quantitative estimate of drug-likeness (QED) is 0.239. The summed E-state index contributed by atoms with van der Waals surface area (Å²) in [4.78, 5) is 30.9. The van der Waals surface area contributed by atoms with Crippen molar-refractivity contribution in [1.82, 2.24) is 15.5 Å². The minimum atomic E-state index is -0.0766. The molecule has 4 unspecified atom stereocenters. The highest BCUT2D eigenvalue weighted by molar-refractivity contribution is 6.06. The third kappa shape index (κ3) is 3.18. The lowest BCUT2D eigenvalue weighted by atomic mass is 9.85. The van der Waals surface area contributed by atoms with Crippen molar-refractivity contribution in [2.24, 2.45) is 34.6 Å². The van der Waals surface area contributed by atoms with Crippen LogP contribution in [-0.2, 0) is 9.59 Å². The lowest BCUT2D eigenvalue weighted by Crippen LogP contribution is -2.40. The molecule has 0 aromatic rings. The summed E-state index contributed by atoms with van der Waals surface area (Å²) in [7, 11) is 1.77. The number of likely N-dealkylation sites (tertiary alicyclic amines) is 1. The Hall–Kier alpha value is -1.85. The van der Waals surface area contributed by atoms with Gasteiger partial charge in [0.2, 0.25) is 11.8 Å². The van der Waals surface area contributed by atoms with Crippen LogP contribution in [0.25, 0.3) is 0 Å². The molecule has 0 spiro atoms. The standard InChI is InChI=1S/C19H28N4O2/c1-20-19(22-9-7-12-3-4-12)21-8-2-10-23-17(24)15-13-5-6-14(11-13)16(15)18(23)25/h5-6,12-16H,2-4,7-11H2,1H3,(H2,20,21,22). The summed E-state index contributed by atoms with van der Waals surface area (Å²) in [6.45, 7) is 2.17. The molecule has 3 fully saturated rings. The van der Waals surface area contributed by atoms with Gasteiger partial charge in [-0.2, -0.15) is 0 Å². The van der Waals surface area contributed by atoms with Crippen LogP contribution in [0.5, 0.6) is 0 Å². The molecule has 6 nitrogen and oxygen atoms in total. The van der Waals surface area contributed by atoms with Crippen molar-refractivity contribution in [3.8, 4) is 0 Å². The molecule has 1 saturated heterocycles. The van der Waals surface area contributed by atoms with Gasteiger partial charge in [-0.15, -0.1) is 0 Å². The van der Waals surface area contributed by atoms with Crippen molar-refractivity contribution in [3.63, 3.8) is 0 Å². The third-order valence-corrected chi connectivity index (χ3v) is 6.18. The Morgan fingerprint density at radius 1 is 1.12 bits per heavy atom. The van der Waals surface area contributed by atoms with Crippen LogP contribution in [0.3, 0.4) is 0 Å². The van der Waals surface area contributed by atoms with E-state index in [2.05, 4.69) is 27.8 Å². The molecule has 136 valence electrons. The number of allylic oxidation sites excluding steroid dienone is 2. The fraction of sp³-hybridized carbons (Fsp3) is 0.737. The Labute approximate surface area is 149 Å². The first kappa shape index (κ1) is 16.6. The highest BCUT2D eigenvalue weighted by Gasteiger charge is 2.58. The number of imide groups is 1. The van der Waals surface area contributed by atoms with Crippen LogP contribution in [0.2, 0.25) is 0 Å². The van der Waals surface area contributed by atoms with Gasteiger partial charge in [-0.1, -0.05) is 25.0 Å². The molecular weight excluding hydrogens is 316 g/mol. The van der Waals surface area contributed by atoms with Crippen LogP contribution in [0.4, 0.5) is 0 Å². The van der Waals surface area contributed by atoms with Gasteiger partial charge >= 0.3 is 0 Å². The first-order valence-electron chi connectivity index (χ1n) is 9.67. The summed E-state index contributed by atoms with van der Waals surface area (Å²) < 4.78 is 0. The van der Waals surface area contributed by atoms with Gasteiger partial charge in [0.15, 0.2) is 5.96 Å². The average Bonchev–Trinajstić information content (AvgIpc) is 3.11. The minimum Gasteiger partial charge on any atom is -0.356 e. The first-order chi connectivity index (χ1) is 12.2. The van der Waals surface area contributed by atoms with Crippen molar-refractivity contribution in [2.45, 2.75) is 32.1 Å². The van der Waals surface area contributed by atoms with Gasteiger partial charge in [0.05, 0.1) is 11.8 Å². The van der Waals surface area contributed by atoms with Gasteiger partial charge in [0.1, 0.15) is 0 Å². The molecule has 2 saturated carbocycles. The molecule has 2 amide bonds. The largest absolute Gasteiger partial charge is 0.356 e. The normalized spacial score (nSPS) is 33.3. The highest BCUT2D eigenvalue weighted by atomic mass is 16.2. The van der Waals surface area contributed by atoms with Gasteiger partial charge in [-0.3, -0.25) is 19.5 Å². The summed E-state index contributed by atoms with van der Waals surface area (Å²) in [6, 6.07) is 0. The number of carbonyl (C=O) groups excluding carboxylic acids is 2. The minimum absolute atomic E-state index is 0.0544. The summed E-state index contributed by atoms with van der Waals surface area (Å²) in [5, 5.41) is 6.60. The van der Waals surface area contributed by atoms with E-state index in [1.807, 2.05) is 0 Å². The Bertz CT molecular complexity index is 581. The number of guanidine groups is 1. The zero-order valence-electron chi connectivity index (χ0n) is 14.9. The van der Waals surface area contributed by atoms with E-state index in [-0.39, 0.29) is 23.7 Å². The molecule has 0 aromatic carbocycles. The van der Waals surface area contributed by atoms with Crippen LogP contribution in [0, 0.1) is 29.6 Å². The smallest absolute Gasteiger partial charge is 0.233 e. The topological polar surface area (TPSA) is 73.8 Å². The monoisotopic (exact) mass is 344 g/mol. The van der Waals surface area contributed by atoms with Crippen molar-refractivity contribution in [1.29, 1.82) is 0 Å². The van der Waals surface area contributed by atoms with Gasteiger partial charge in [-0.25, -0.2) is 0 Å². The lowest BCUT2D eigenvalue weighted by molar-refractivity contribution is -0.140. The summed E-state index contributed by atoms with van der Waals surface area (Å²) >= 11 is 0. The predicted octanol–water partition coefficient (Wildman–Crippen LogP) is 1.15. The Morgan fingerprint density at radius 2 is 1.76 bits per heavy atom. The number of nitrogens with zero attached hydrogens (tertiary/aromatic N) is 2. The van der Waals surface area contributed by atoms with Crippen molar-refractivity contribution in [3.05, 3.63) is 12.2 Å². The van der Waals surface area contributed by atoms with Crippen molar-refractivity contribution >= 4 is 17.8 Å². The van der Waals surface area contributed by atoms with E-state index >= 15 is 0 Å². The molecule has 0 aromatic heterocycles. The van der Waals surface area contributed by atoms with Crippen LogP contribution in [0.15, 0.2) is 17.1 Å². The third-order valence-electron chi connectivity index (χ3n) is 6.18. The highest BCUT2D eigenvalue weighted by Crippen LogP contribution is 2.52. The van der Waals surface area contributed by atoms with E-state index in [0.29, 0.717) is 24.9 Å². The molecular formula is C19H28N4O2. The van der Waals surface area contributed by atoms with Crippen molar-refractivity contribution in [2.75, 3.05) is 26.7 Å². The number of aliphatic imine (C=N–C) groups is 1. The molecule has 4 rings (SSSR count). The second-order valence-corrected chi connectivity index (χ2v) is 7.84. The van der Waals surface area contributed by atoms with Crippen molar-refractivity contribution < 1.29 is 9.59 Å². The van der Waals surface area contributed by atoms with Crippen LogP contribution < -0.4 is 10.6 Å². The molecule has 3 aliphatic carbocycles. The molecule has 4 atom stereocenters. The molecule has 25 heavy (non-hydrogen) atoms. The lowest BCUT2D eigenvalue weighted by Gasteiger charge is -2.18. The number of rotatable bonds is 7. The number of fused-ring (bicyclic) bond motifs is 5. The number of carbonyl (C=O) groups is 2. The number of hydrogen-bond acceptors (Lipinski definition) is 3. The maximum absolute atomic E-state index is 12.6. The molecule has 1 aliphatic heterocycles. The zero-order chi connectivity index (χ0) is 17.4. The van der Waals surface area contributed by atoms with E-state index in [9.17, 15) is 9.59 Å². The molecule has 2 N–H and O–H groups in total. The Kier molecular flexibility index (Phi) is 4.52. The SMILES string of the molecule is CN=C(NCCCN1C(=O)C2C3C=CC(C3)C2C1=O)NCCC1CC1. The van der Waals surface area contributed by atoms with Gasteiger partial charge in [0.25, 0.3) is 0 Å². The van der Waals surface area contributed by atoms with Crippen LogP contribution >= 0.6 is 0 Å². The second-order valence-electron chi connectivity index (χ2n) is 7.84. The maximum atomic E-state index is 12.6. The Morgan fingerprint density at radius 3 is 2.36 bits per heavy atom. The fourth-order valence-corrected chi connectivity index (χ4v) is 4.65. The van der Waals surface area contributed by atoms with E-state index in [0.717, 1.165) is 31.3 Å². The first-order valence-corrected chi connectivity index (χ1v) is 9.67. The number of amides is 2. The van der Waals surface area contributed by atoms with E-state index in [1.54, 1.807) is 7.05 Å². The summed E-state index contributed by atoms with van der Waals surface area (Å²) in [5.41, 5.74) is 0. The molecule has 2 bridgehead atoms. The summed E-state index contributed by atoms with van der Waals surface area (Å²) in [5.74, 6) is 2.26. The summed E-state index contributed by atoms with van der Waals surface area (Å²) in [6.07, 6.45) is 9.96. The maximum Gasteiger partial charge on any atom is 0.233 e. The van der Waals surface area contributed by atoms with Gasteiger partial charge < -0.3 is 10.6 Å². The number of hydrogen-bond donors (Lipinski definition) is 2. The van der Waals surface area contributed by atoms with Crippen LogP contribution in [0.1, 0.15) is 32.1 Å². The average molecular weight is 344 g/mol. The Balaban J connectivity index is 1.20. The molecule has 1 heterocycles. The molecule has 4 aliphatic rings. The van der Waals surface area contributed by atoms with Gasteiger partial charge in [0, 0.05) is 26.7 Å². The number of nitrogens with one attached hydrogen (secondary N) is 2. The van der Waals surface area contributed by atoms with E-state index in [1.165, 1.54) is 24.2 Å². The van der Waals surface area contributed by atoms with E-state index in [4.69, 9.17) is 0 Å². The zero-order valence-corrected chi connectivity index (χ0v) is 14.9. The van der Waals surface area contributed by atoms with Crippen LogP contribution in [-0.4, -0.2) is 49.4 Å². The van der Waals surface area contributed by atoms with Gasteiger partial charge in [-0.05, 0) is 37.0 Å².